The number of hydrogen-bond acceptors (Lipinski definition) is 5. The van der Waals surface area contributed by atoms with Gasteiger partial charge in [0.05, 0.1) is 5.69 Å². The zero-order valence-electron chi connectivity index (χ0n) is 15.7. The van der Waals surface area contributed by atoms with Crippen molar-refractivity contribution in [2.75, 3.05) is 31.1 Å². The standard InChI is InChI=1S/C21H20ClN5O2/c22-17-4-1-5-18(13-17)25-9-11-26(12-10-25)21(29)15-27-20(28)7-6-19(24-27)16-3-2-8-23-14-16/h1-8,13-14H,9-12,15H2. The second kappa shape index (κ2) is 8.45. The molecule has 0 N–H and O–H groups in total. The van der Waals surface area contributed by atoms with E-state index in [0.717, 1.165) is 11.3 Å². The number of carbonyl (C=O) groups excluding carboxylic acids is 1. The molecule has 7 nitrogen and oxygen atoms in total. The minimum absolute atomic E-state index is 0.0793. The zero-order valence-corrected chi connectivity index (χ0v) is 16.5. The topological polar surface area (TPSA) is 71.3 Å². The molecule has 3 aromatic rings. The molecule has 1 fully saturated rings. The number of piperazine rings is 1. The van der Waals surface area contributed by atoms with Crippen molar-refractivity contribution in [3.8, 4) is 11.3 Å². The summed E-state index contributed by atoms with van der Waals surface area (Å²) in [6, 6.07) is 14.4. The third kappa shape index (κ3) is 4.46. The molecule has 1 amide bonds. The van der Waals surface area contributed by atoms with Gasteiger partial charge in [-0.1, -0.05) is 17.7 Å². The summed E-state index contributed by atoms with van der Waals surface area (Å²) in [5.74, 6) is -0.117. The van der Waals surface area contributed by atoms with Gasteiger partial charge in [0, 0.05) is 60.9 Å². The number of nitrogens with zero attached hydrogens (tertiary/aromatic N) is 5. The molecule has 0 saturated carbocycles. The van der Waals surface area contributed by atoms with Gasteiger partial charge in [0.1, 0.15) is 6.54 Å². The number of hydrogen-bond donors (Lipinski definition) is 0. The minimum Gasteiger partial charge on any atom is -0.368 e. The number of pyridine rings is 1. The molecule has 1 aromatic carbocycles. The van der Waals surface area contributed by atoms with E-state index >= 15 is 0 Å². The molecule has 8 heteroatoms. The van der Waals surface area contributed by atoms with Crippen LogP contribution in [0.3, 0.4) is 0 Å². The lowest BCUT2D eigenvalue weighted by Crippen LogP contribution is -2.50. The van der Waals surface area contributed by atoms with Crippen LogP contribution in [-0.4, -0.2) is 51.8 Å². The fraction of sp³-hybridized carbons (Fsp3) is 0.238. The Balaban J connectivity index is 1.42. The monoisotopic (exact) mass is 409 g/mol. The van der Waals surface area contributed by atoms with Crippen molar-refractivity contribution in [3.63, 3.8) is 0 Å². The lowest BCUT2D eigenvalue weighted by Gasteiger charge is -2.36. The van der Waals surface area contributed by atoms with Crippen molar-refractivity contribution in [2.45, 2.75) is 6.54 Å². The van der Waals surface area contributed by atoms with E-state index in [1.54, 1.807) is 29.4 Å². The van der Waals surface area contributed by atoms with Gasteiger partial charge >= 0.3 is 0 Å². The number of aromatic nitrogens is 3. The van der Waals surface area contributed by atoms with Crippen LogP contribution in [0.1, 0.15) is 0 Å². The van der Waals surface area contributed by atoms with Crippen LogP contribution in [0.2, 0.25) is 5.02 Å². The van der Waals surface area contributed by atoms with Gasteiger partial charge in [-0.05, 0) is 36.4 Å². The molecule has 0 atom stereocenters. The lowest BCUT2D eigenvalue weighted by atomic mass is 10.2. The zero-order chi connectivity index (χ0) is 20.2. The van der Waals surface area contributed by atoms with Gasteiger partial charge in [0.15, 0.2) is 0 Å². The van der Waals surface area contributed by atoms with Gasteiger partial charge in [-0.2, -0.15) is 5.10 Å². The summed E-state index contributed by atoms with van der Waals surface area (Å²) in [5, 5.41) is 5.04. The van der Waals surface area contributed by atoms with E-state index in [9.17, 15) is 9.59 Å². The molecule has 1 aliphatic rings. The fourth-order valence-electron chi connectivity index (χ4n) is 3.35. The second-order valence-electron chi connectivity index (χ2n) is 6.80. The summed E-state index contributed by atoms with van der Waals surface area (Å²) in [6.07, 6.45) is 3.35. The highest BCUT2D eigenvalue weighted by Crippen LogP contribution is 2.21. The minimum atomic E-state index is -0.302. The van der Waals surface area contributed by atoms with E-state index in [1.165, 1.54) is 10.7 Å². The highest BCUT2D eigenvalue weighted by molar-refractivity contribution is 6.30. The highest BCUT2D eigenvalue weighted by Gasteiger charge is 2.22. The van der Waals surface area contributed by atoms with Crippen molar-refractivity contribution in [1.29, 1.82) is 0 Å². The van der Waals surface area contributed by atoms with E-state index in [-0.39, 0.29) is 18.0 Å². The average Bonchev–Trinajstić information content (AvgIpc) is 2.76. The maximum Gasteiger partial charge on any atom is 0.267 e. The predicted molar refractivity (Wildman–Crippen MR) is 112 cm³/mol. The lowest BCUT2D eigenvalue weighted by molar-refractivity contribution is -0.132. The largest absolute Gasteiger partial charge is 0.368 e. The van der Waals surface area contributed by atoms with Gasteiger partial charge in [-0.15, -0.1) is 0 Å². The Bertz CT molecular complexity index is 1060. The number of halogens is 1. The van der Waals surface area contributed by atoms with Crippen molar-refractivity contribution in [3.05, 3.63) is 76.3 Å². The highest BCUT2D eigenvalue weighted by atomic mass is 35.5. The summed E-state index contributed by atoms with van der Waals surface area (Å²) in [6.45, 7) is 2.52. The average molecular weight is 410 g/mol. The summed E-state index contributed by atoms with van der Waals surface area (Å²) < 4.78 is 1.22. The van der Waals surface area contributed by atoms with Crippen LogP contribution in [-0.2, 0) is 11.3 Å². The molecule has 148 valence electrons. The van der Waals surface area contributed by atoms with Crippen LogP contribution in [0.25, 0.3) is 11.3 Å². The van der Waals surface area contributed by atoms with Crippen LogP contribution in [0.5, 0.6) is 0 Å². The van der Waals surface area contributed by atoms with Gasteiger partial charge < -0.3 is 9.80 Å². The van der Waals surface area contributed by atoms with E-state index in [0.29, 0.717) is 36.9 Å². The van der Waals surface area contributed by atoms with Crippen molar-refractivity contribution in [2.24, 2.45) is 0 Å². The quantitative estimate of drug-likeness (QED) is 0.661. The number of carbonyl (C=O) groups is 1. The van der Waals surface area contributed by atoms with Gasteiger partial charge in [0.25, 0.3) is 5.56 Å². The first-order chi connectivity index (χ1) is 14.1. The number of rotatable bonds is 4. The second-order valence-corrected chi connectivity index (χ2v) is 7.24. The summed E-state index contributed by atoms with van der Waals surface area (Å²) in [7, 11) is 0. The molecule has 0 aliphatic carbocycles. The van der Waals surface area contributed by atoms with Crippen LogP contribution in [0.15, 0.2) is 65.7 Å². The van der Waals surface area contributed by atoms with E-state index in [2.05, 4.69) is 15.0 Å². The maximum atomic E-state index is 12.7. The molecule has 0 radical (unpaired) electrons. The van der Waals surface area contributed by atoms with E-state index in [4.69, 9.17) is 11.6 Å². The molecular weight excluding hydrogens is 390 g/mol. The fourth-order valence-corrected chi connectivity index (χ4v) is 3.53. The Hall–Kier alpha value is -3.19. The van der Waals surface area contributed by atoms with Crippen molar-refractivity contribution < 1.29 is 4.79 Å². The Kier molecular flexibility index (Phi) is 5.57. The van der Waals surface area contributed by atoms with E-state index < -0.39 is 0 Å². The normalized spacial score (nSPS) is 14.1. The molecule has 1 aliphatic heterocycles. The molecule has 29 heavy (non-hydrogen) atoms. The number of benzene rings is 1. The molecule has 2 aromatic heterocycles. The Labute approximate surface area is 173 Å². The SMILES string of the molecule is O=C(Cn1nc(-c2cccnc2)ccc1=O)N1CCN(c2cccc(Cl)c2)CC1. The van der Waals surface area contributed by atoms with Crippen LogP contribution in [0.4, 0.5) is 5.69 Å². The van der Waals surface area contributed by atoms with Crippen LogP contribution < -0.4 is 10.5 Å². The number of amides is 1. The summed E-state index contributed by atoms with van der Waals surface area (Å²) in [5.41, 5.74) is 2.15. The van der Waals surface area contributed by atoms with Crippen molar-refractivity contribution in [1.82, 2.24) is 19.7 Å². The Morgan fingerprint density at radius 2 is 1.86 bits per heavy atom. The van der Waals surface area contributed by atoms with Gasteiger partial charge in [0.2, 0.25) is 5.91 Å². The summed E-state index contributed by atoms with van der Waals surface area (Å²) >= 11 is 6.07. The first-order valence-corrected chi connectivity index (χ1v) is 9.75. The van der Waals surface area contributed by atoms with Gasteiger partial charge in [-0.3, -0.25) is 14.6 Å². The third-order valence-corrected chi connectivity index (χ3v) is 5.15. The smallest absolute Gasteiger partial charge is 0.267 e. The van der Waals surface area contributed by atoms with Gasteiger partial charge in [-0.25, -0.2) is 4.68 Å². The molecule has 3 heterocycles. The predicted octanol–water partition coefficient (Wildman–Crippen LogP) is 2.31. The third-order valence-electron chi connectivity index (χ3n) is 4.91. The molecule has 0 spiro atoms. The first-order valence-electron chi connectivity index (χ1n) is 9.37. The van der Waals surface area contributed by atoms with Crippen LogP contribution >= 0.6 is 11.6 Å². The van der Waals surface area contributed by atoms with Crippen LogP contribution in [0, 0.1) is 0 Å². The molecule has 4 rings (SSSR count). The molecule has 1 saturated heterocycles. The molecule has 0 bridgehead atoms. The Morgan fingerprint density at radius 1 is 1.03 bits per heavy atom. The Morgan fingerprint density at radius 3 is 2.59 bits per heavy atom. The van der Waals surface area contributed by atoms with Crippen molar-refractivity contribution >= 4 is 23.2 Å². The first kappa shape index (κ1) is 19.1. The number of anilines is 1. The molecule has 0 unspecified atom stereocenters. The summed E-state index contributed by atoms with van der Waals surface area (Å²) in [4.78, 5) is 33.0. The maximum absolute atomic E-state index is 12.7. The molecular formula is C21H20ClN5O2. The van der Waals surface area contributed by atoms with E-state index in [1.807, 2.05) is 30.3 Å².